The first-order chi connectivity index (χ1) is 14.3. The van der Waals surface area contributed by atoms with Gasteiger partial charge in [-0.05, 0) is 57.7 Å². The molecule has 1 atom stereocenters. The van der Waals surface area contributed by atoms with E-state index in [0.29, 0.717) is 32.1 Å². The number of piperazine rings is 1. The van der Waals surface area contributed by atoms with E-state index in [1.165, 1.54) is 5.56 Å². The van der Waals surface area contributed by atoms with Crippen LogP contribution in [0.5, 0.6) is 0 Å². The molecule has 1 amide bonds. The second-order valence-corrected chi connectivity index (χ2v) is 8.80. The number of benzene rings is 1. The topological polar surface area (TPSA) is 66.7 Å². The molecule has 0 N–H and O–H groups in total. The first-order valence-corrected chi connectivity index (χ1v) is 10.7. The normalized spacial score (nSPS) is 21.2. The molecule has 3 rings (SSSR count). The molecule has 2 aliphatic heterocycles. The number of amides is 1. The Morgan fingerprint density at radius 1 is 1.17 bits per heavy atom. The minimum absolute atomic E-state index is 0.193. The van der Waals surface area contributed by atoms with E-state index in [1.54, 1.807) is 11.9 Å². The van der Waals surface area contributed by atoms with Gasteiger partial charge in [0.25, 0.3) is 0 Å². The molecule has 2 aliphatic rings. The van der Waals surface area contributed by atoms with Crippen molar-refractivity contribution in [2.45, 2.75) is 52.2 Å². The van der Waals surface area contributed by atoms with Crippen molar-refractivity contribution in [2.24, 2.45) is 9.98 Å². The van der Waals surface area contributed by atoms with Crippen LogP contribution in [0.15, 0.2) is 34.3 Å². The van der Waals surface area contributed by atoms with E-state index in [2.05, 4.69) is 34.2 Å². The fourth-order valence-electron chi connectivity index (χ4n) is 3.70. The third kappa shape index (κ3) is 5.81. The van der Waals surface area contributed by atoms with Gasteiger partial charge in [0.15, 0.2) is 0 Å². The van der Waals surface area contributed by atoms with Gasteiger partial charge in [0.1, 0.15) is 5.60 Å². The summed E-state index contributed by atoms with van der Waals surface area (Å²) in [6.45, 7) is 11.0. The van der Waals surface area contributed by atoms with Crippen molar-refractivity contribution >= 4 is 17.8 Å². The Bertz CT molecular complexity index is 799. The van der Waals surface area contributed by atoms with Gasteiger partial charge in [0.2, 0.25) is 5.96 Å². The molecule has 0 spiro atoms. The zero-order valence-corrected chi connectivity index (χ0v) is 18.9. The smallest absolute Gasteiger partial charge is 0.410 e. The van der Waals surface area contributed by atoms with Gasteiger partial charge in [-0.15, -0.1) is 0 Å². The lowest BCUT2D eigenvalue weighted by molar-refractivity contribution is 0.0186. The van der Waals surface area contributed by atoms with Crippen LogP contribution in [-0.4, -0.2) is 73.0 Å². The molecular formula is C23H34N4O3. The Morgan fingerprint density at radius 3 is 2.47 bits per heavy atom. The second-order valence-electron chi connectivity index (χ2n) is 8.80. The largest absolute Gasteiger partial charge is 0.444 e. The average molecular weight is 415 g/mol. The minimum atomic E-state index is -0.482. The Labute approximate surface area is 179 Å². The number of carbonyl (C=O) groups excluding carboxylic acids is 1. The summed E-state index contributed by atoms with van der Waals surface area (Å²) in [6.07, 6.45) is 2.12. The van der Waals surface area contributed by atoms with Crippen molar-refractivity contribution < 1.29 is 14.3 Å². The molecular weight excluding hydrogens is 380 g/mol. The van der Waals surface area contributed by atoms with Gasteiger partial charge in [-0.3, -0.25) is 4.99 Å². The highest BCUT2D eigenvalue weighted by Crippen LogP contribution is 2.29. The highest BCUT2D eigenvalue weighted by atomic mass is 16.6. The Hall–Kier alpha value is -2.41. The molecule has 164 valence electrons. The van der Waals surface area contributed by atoms with Crippen molar-refractivity contribution in [2.75, 3.05) is 39.8 Å². The third-order valence-electron chi connectivity index (χ3n) is 5.29. The van der Waals surface area contributed by atoms with E-state index in [4.69, 9.17) is 14.5 Å². The van der Waals surface area contributed by atoms with Crippen LogP contribution in [0.2, 0.25) is 0 Å². The maximum absolute atomic E-state index is 12.3. The predicted octanol–water partition coefficient (Wildman–Crippen LogP) is 3.89. The second kappa shape index (κ2) is 9.60. The van der Waals surface area contributed by atoms with Gasteiger partial charge < -0.3 is 19.3 Å². The Morgan fingerprint density at radius 2 is 1.87 bits per heavy atom. The maximum Gasteiger partial charge on any atom is 0.410 e. The number of rotatable bonds is 2. The van der Waals surface area contributed by atoms with Gasteiger partial charge in [0.05, 0.1) is 6.10 Å². The van der Waals surface area contributed by atoms with Crippen LogP contribution in [0.3, 0.4) is 0 Å². The van der Waals surface area contributed by atoms with E-state index < -0.39 is 5.60 Å². The summed E-state index contributed by atoms with van der Waals surface area (Å²) in [6, 6.07) is 8.43. The van der Waals surface area contributed by atoms with E-state index in [1.807, 2.05) is 27.7 Å². The summed E-state index contributed by atoms with van der Waals surface area (Å²) in [4.78, 5) is 25.4. The van der Waals surface area contributed by atoms with Gasteiger partial charge in [0, 0.05) is 45.5 Å². The molecule has 2 saturated heterocycles. The van der Waals surface area contributed by atoms with E-state index in [0.717, 1.165) is 30.7 Å². The SMILES string of the molecule is CN=C(/N=C(\C)c1cccc(C2CCCO2)c1)N1CCN(C(=O)OC(C)(C)C)CC1. The molecule has 0 aliphatic carbocycles. The Balaban J connectivity index is 1.63. The molecule has 30 heavy (non-hydrogen) atoms. The van der Waals surface area contributed by atoms with E-state index >= 15 is 0 Å². The minimum Gasteiger partial charge on any atom is -0.444 e. The molecule has 7 heteroatoms. The first-order valence-electron chi connectivity index (χ1n) is 10.7. The fourth-order valence-corrected chi connectivity index (χ4v) is 3.70. The molecule has 1 aromatic rings. The quantitative estimate of drug-likeness (QED) is 0.544. The summed E-state index contributed by atoms with van der Waals surface area (Å²) in [5.74, 6) is 0.693. The summed E-state index contributed by atoms with van der Waals surface area (Å²) in [5, 5.41) is 0. The molecule has 1 unspecified atom stereocenters. The van der Waals surface area contributed by atoms with Crippen molar-refractivity contribution in [1.29, 1.82) is 0 Å². The van der Waals surface area contributed by atoms with Crippen molar-refractivity contribution in [1.82, 2.24) is 9.80 Å². The number of ether oxygens (including phenoxy) is 2. The van der Waals surface area contributed by atoms with Crippen LogP contribution in [0.25, 0.3) is 0 Å². The van der Waals surface area contributed by atoms with E-state index in [-0.39, 0.29) is 12.2 Å². The zero-order valence-electron chi connectivity index (χ0n) is 18.9. The molecule has 2 heterocycles. The molecule has 0 bridgehead atoms. The summed E-state index contributed by atoms with van der Waals surface area (Å²) >= 11 is 0. The molecule has 0 saturated carbocycles. The predicted molar refractivity (Wildman–Crippen MR) is 119 cm³/mol. The van der Waals surface area contributed by atoms with Crippen LogP contribution >= 0.6 is 0 Å². The van der Waals surface area contributed by atoms with Gasteiger partial charge in [-0.1, -0.05) is 18.2 Å². The van der Waals surface area contributed by atoms with Crippen LogP contribution in [-0.2, 0) is 9.47 Å². The highest BCUT2D eigenvalue weighted by molar-refractivity contribution is 6.05. The van der Waals surface area contributed by atoms with Gasteiger partial charge in [-0.2, -0.15) is 0 Å². The number of hydrogen-bond acceptors (Lipinski definition) is 4. The average Bonchev–Trinajstić information content (AvgIpc) is 3.26. The maximum atomic E-state index is 12.3. The van der Waals surface area contributed by atoms with Crippen molar-refractivity contribution in [3.63, 3.8) is 0 Å². The molecule has 2 fully saturated rings. The molecule has 1 aromatic carbocycles. The number of carbonyl (C=O) groups is 1. The monoisotopic (exact) mass is 414 g/mol. The van der Waals surface area contributed by atoms with Gasteiger partial charge in [-0.25, -0.2) is 9.79 Å². The molecule has 0 radical (unpaired) electrons. The Kier molecular flexibility index (Phi) is 7.13. The molecule has 7 nitrogen and oxygen atoms in total. The highest BCUT2D eigenvalue weighted by Gasteiger charge is 2.27. The van der Waals surface area contributed by atoms with Crippen molar-refractivity contribution in [3.05, 3.63) is 35.4 Å². The first kappa shape index (κ1) is 22.3. The third-order valence-corrected chi connectivity index (χ3v) is 5.29. The van der Waals surface area contributed by atoms with Crippen LogP contribution in [0.4, 0.5) is 4.79 Å². The van der Waals surface area contributed by atoms with Crippen LogP contribution < -0.4 is 0 Å². The lowest BCUT2D eigenvalue weighted by Crippen LogP contribution is -2.51. The number of nitrogens with zero attached hydrogens (tertiary/aromatic N) is 4. The fraction of sp³-hybridized carbons (Fsp3) is 0.609. The number of aliphatic imine (C=N–C) groups is 2. The summed E-state index contributed by atoms with van der Waals surface area (Å²) < 4.78 is 11.3. The standard InChI is InChI=1S/C23H34N4O3/c1-17(18-8-6-9-19(16-18)20-10-7-15-29-20)25-21(24-5)26-11-13-27(14-12-26)22(28)30-23(2,3)4/h6,8-9,16,20H,7,10-15H2,1-5H3/b24-21?,25-17+. The van der Waals surface area contributed by atoms with E-state index in [9.17, 15) is 4.79 Å². The van der Waals surface area contributed by atoms with Gasteiger partial charge >= 0.3 is 6.09 Å². The lowest BCUT2D eigenvalue weighted by atomic mass is 10.0. The zero-order chi connectivity index (χ0) is 21.7. The van der Waals surface area contributed by atoms with Crippen LogP contribution in [0.1, 0.15) is 57.8 Å². The van der Waals surface area contributed by atoms with Crippen molar-refractivity contribution in [3.8, 4) is 0 Å². The number of guanidine groups is 1. The summed E-state index contributed by atoms with van der Waals surface area (Å²) in [7, 11) is 1.76. The van der Waals surface area contributed by atoms with Crippen LogP contribution in [0, 0.1) is 0 Å². The summed E-state index contributed by atoms with van der Waals surface area (Å²) in [5.41, 5.74) is 2.73. The lowest BCUT2D eigenvalue weighted by Gasteiger charge is -2.36. The number of hydrogen-bond donors (Lipinski definition) is 0. The molecule has 0 aromatic heterocycles.